The summed E-state index contributed by atoms with van der Waals surface area (Å²) in [6.45, 7) is 11.4. The summed E-state index contributed by atoms with van der Waals surface area (Å²) >= 11 is 1.77. The molecule has 1 aromatic rings. The summed E-state index contributed by atoms with van der Waals surface area (Å²) in [5.41, 5.74) is 7.44. The number of nitrogens with two attached hydrogens (primary N) is 1. The summed E-state index contributed by atoms with van der Waals surface area (Å²) in [5, 5.41) is 3.13. The van der Waals surface area contributed by atoms with Crippen molar-refractivity contribution in [2.24, 2.45) is 23.0 Å². The van der Waals surface area contributed by atoms with Crippen LogP contribution in [0.5, 0.6) is 0 Å². The van der Waals surface area contributed by atoms with Gasteiger partial charge in [0.15, 0.2) is 0 Å². The van der Waals surface area contributed by atoms with E-state index in [0.29, 0.717) is 12.5 Å². The number of rotatable bonds is 3. The molecule has 2 rings (SSSR count). The predicted octanol–water partition coefficient (Wildman–Crippen LogP) is 3.38. The Hall–Kier alpha value is -0.870. The van der Waals surface area contributed by atoms with Crippen LogP contribution >= 0.6 is 11.3 Å². The Bertz CT molecular complexity index is 501. The maximum Gasteiger partial charge on any atom is 0.223 e. The van der Waals surface area contributed by atoms with Crippen molar-refractivity contribution in [3.05, 3.63) is 21.4 Å². The lowest BCUT2D eigenvalue weighted by molar-refractivity contribution is -0.132. The van der Waals surface area contributed by atoms with Gasteiger partial charge in [0, 0.05) is 21.7 Å². The summed E-state index contributed by atoms with van der Waals surface area (Å²) < 4.78 is 0. The number of carbonyl (C=O) groups excluding carboxylic acids is 1. The van der Waals surface area contributed by atoms with Gasteiger partial charge in [-0.25, -0.2) is 0 Å². The average Bonchev–Trinajstić information content (AvgIpc) is 2.73. The van der Waals surface area contributed by atoms with Crippen LogP contribution in [0.3, 0.4) is 0 Å². The normalized spacial score (nSPS) is 28.4. The number of amides is 1. The second-order valence-corrected chi connectivity index (χ2v) is 8.41. The molecular weight excluding hydrogens is 280 g/mol. The molecule has 4 heteroatoms. The highest BCUT2D eigenvalue weighted by Gasteiger charge is 2.44. The third-order valence-electron chi connectivity index (χ3n) is 5.47. The van der Waals surface area contributed by atoms with Gasteiger partial charge in [0.1, 0.15) is 0 Å². The van der Waals surface area contributed by atoms with Gasteiger partial charge in [-0.15, -0.1) is 11.3 Å². The Morgan fingerprint density at radius 1 is 1.43 bits per heavy atom. The van der Waals surface area contributed by atoms with Crippen LogP contribution in [-0.4, -0.2) is 11.9 Å². The molecule has 1 fully saturated rings. The van der Waals surface area contributed by atoms with Crippen molar-refractivity contribution in [1.29, 1.82) is 0 Å². The number of hydrogen-bond acceptors (Lipinski definition) is 3. The molecule has 1 saturated carbocycles. The van der Waals surface area contributed by atoms with Gasteiger partial charge in [0.25, 0.3) is 0 Å². The maximum atomic E-state index is 12.6. The Morgan fingerprint density at radius 3 is 2.67 bits per heavy atom. The molecule has 3 nitrogen and oxygen atoms in total. The quantitative estimate of drug-likeness (QED) is 0.899. The SMILES string of the molecule is Cc1cc(CNC(=O)C2CCC(N)C(C)C2(C)C)sc1C. The fourth-order valence-corrected chi connectivity index (χ4v) is 4.35. The number of hydrogen-bond donors (Lipinski definition) is 2. The topological polar surface area (TPSA) is 55.1 Å². The first-order chi connectivity index (χ1) is 9.73. The van der Waals surface area contributed by atoms with Crippen molar-refractivity contribution >= 4 is 17.2 Å². The van der Waals surface area contributed by atoms with E-state index in [-0.39, 0.29) is 23.3 Å². The summed E-state index contributed by atoms with van der Waals surface area (Å²) in [7, 11) is 0. The van der Waals surface area contributed by atoms with E-state index in [1.807, 2.05) is 0 Å². The Morgan fingerprint density at radius 2 is 2.10 bits per heavy atom. The molecule has 0 bridgehead atoms. The summed E-state index contributed by atoms with van der Waals surface area (Å²) in [4.78, 5) is 15.1. The monoisotopic (exact) mass is 308 g/mol. The molecule has 0 aromatic carbocycles. The molecule has 3 atom stereocenters. The Balaban J connectivity index is 1.99. The number of thiophene rings is 1. The van der Waals surface area contributed by atoms with Crippen LogP contribution in [0.1, 0.15) is 48.9 Å². The molecule has 0 radical (unpaired) electrons. The average molecular weight is 308 g/mol. The van der Waals surface area contributed by atoms with Crippen molar-refractivity contribution in [1.82, 2.24) is 5.32 Å². The van der Waals surface area contributed by atoms with Gasteiger partial charge >= 0.3 is 0 Å². The van der Waals surface area contributed by atoms with Gasteiger partial charge in [-0.2, -0.15) is 0 Å². The largest absolute Gasteiger partial charge is 0.351 e. The van der Waals surface area contributed by atoms with Gasteiger partial charge in [0.05, 0.1) is 6.54 Å². The van der Waals surface area contributed by atoms with Crippen molar-refractivity contribution in [3.63, 3.8) is 0 Å². The minimum absolute atomic E-state index is 0.0387. The zero-order chi connectivity index (χ0) is 15.8. The number of nitrogens with one attached hydrogen (secondary N) is 1. The molecule has 1 aromatic heterocycles. The lowest BCUT2D eigenvalue weighted by Gasteiger charge is -2.46. The first-order valence-corrected chi connectivity index (χ1v) is 8.64. The molecule has 3 N–H and O–H groups in total. The lowest BCUT2D eigenvalue weighted by atomic mass is 9.61. The van der Waals surface area contributed by atoms with Crippen molar-refractivity contribution in [3.8, 4) is 0 Å². The highest BCUT2D eigenvalue weighted by Crippen LogP contribution is 2.44. The van der Waals surface area contributed by atoms with Crippen LogP contribution in [0, 0.1) is 31.1 Å². The second kappa shape index (κ2) is 6.09. The molecule has 118 valence electrons. The molecule has 1 amide bonds. The summed E-state index contributed by atoms with van der Waals surface area (Å²) in [5.74, 6) is 0.616. The van der Waals surface area contributed by atoms with E-state index in [1.54, 1.807) is 11.3 Å². The molecule has 1 aliphatic rings. The van der Waals surface area contributed by atoms with Gasteiger partial charge in [-0.3, -0.25) is 4.79 Å². The minimum Gasteiger partial charge on any atom is -0.351 e. The second-order valence-electron chi connectivity index (χ2n) is 7.07. The van der Waals surface area contributed by atoms with Gasteiger partial charge in [-0.05, 0) is 49.7 Å². The number of aryl methyl sites for hydroxylation is 2. The fourth-order valence-electron chi connectivity index (χ4n) is 3.35. The fraction of sp³-hybridized carbons (Fsp3) is 0.706. The van der Waals surface area contributed by atoms with Gasteiger partial charge in [0.2, 0.25) is 5.91 Å². The van der Waals surface area contributed by atoms with Gasteiger partial charge in [-0.1, -0.05) is 20.8 Å². The minimum atomic E-state index is -0.0387. The first-order valence-electron chi connectivity index (χ1n) is 7.82. The van der Waals surface area contributed by atoms with E-state index in [4.69, 9.17) is 5.73 Å². The van der Waals surface area contributed by atoms with E-state index in [0.717, 1.165) is 12.8 Å². The molecule has 1 heterocycles. The van der Waals surface area contributed by atoms with Crippen molar-refractivity contribution < 1.29 is 4.79 Å². The molecule has 3 unspecified atom stereocenters. The summed E-state index contributed by atoms with van der Waals surface area (Å²) in [6, 6.07) is 2.39. The third-order valence-corrected chi connectivity index (χ3v) is 6.63. The van der Waals surface area contributed by atoms with E-state index in [2.05, 4.69) is 46.0 Å². The standard InChI is InChI=1S/C17H28N2OS/c1-10-8-13(21-12(10)3)9-19-16(20)14-6-7-15(18)11(2)17(14,4)5/h8,11,14-15H,6-7,9,18H2,1-5H3,(H,19,20). The highest BCUT2D eigenvalue weighted by molar-refractivity contribution is 7.12. The van der Waals surface area contributed by atoms with Crippen molar-refractivity contribution in [2.45, 2.75) is 60.0 Å². The lowest BCUT2D eigenvalue weighted by Crippen LogP contribution is -2.51. The number of carbonyl (C=O) groups is 1. The molecule has 0 saturated heterocycles. The van der Waals surface area contributed by atoms with Crippen LogP contribution in [0.4, 0.5) is 0 Å². The van der Waals surface area contributed by atoms with Crippen LogP contribution in [0.2, 0.25) is 0 Å². The van der Waals surface area contributed by atoms with E-state index >= 15 is 0 Å². The van der Waals surface area contributed by atoms with E-state index in [1.165, 1.54) is 15.3 Å². The smallest absolute Gasteiger partial charge is 0.223 e. The van der Waals surface area contributed by atoms with E-state index in [9.17, 15) is 4.79 Å². The molecule has 21 heavy (non-hydrogen) atoms. The van der Waals surface area contributed by atoms with Crippen LogP contribution in [-0.2, 0) is 11.3 Å². The van der Waals surface area contributed by atoms with Crippen LogP contribution < -0.4 is 11.1 Å². The molecule has 0 aliphatic heterocycles. The zero-order valence-electron chi connectivity index (χ0n) is 13.8. The van der Waals surface area contributed by atoms with Crippen LogP contribution in [0.25, 0.3) is 0 Å². The Kier molecular flexibility index (Phi) is 4.79. The van der Waals surface area contributed by atoms with Gasteiger partial charge < -0.3 is 11.1 Å². The molecule has 0 spiro atoms. The van der Waals surface area contributed by atoms with Crippen molar-refractivity contribution in [2.75, 3.05) is 0 Å². The predicted molar refractivity (Wildman–Crippen MR) is 89.3 cm³/mol. The zero-order valence-corrected chi connectivity index (χ0v) is 14.6. The maximum absolute atomic E-state index is 12.6. The molecular formula is C17H28N2OS. The first kappa shape index (κ1) is 16.5. The molecule has 1 aliphatic carbocycles. The summed E-state index contributed by atoms with van der Waals surface area (Å²) in [6.07, 6.45) is 1.84. The Labute approximate surface area is 132 Å². The highest BCUT2D eigenvalue weighted by atomic mass is 32.1. The van der Waals surface area contributed by atoms with Crippen LogP contribution in [0.15, 0.2) is 6.07 Å². The van der Waals surface area contributed by atoms with E-state index < -0.39 is 0 Å². The third kappa shape index (κ3) is 3.32.